The van der Waals surface area contributed by atoms with Crippen molar-refractivity contribution in [2.75, 3.05) is 18.9 Å². The van der Waals surface area contributed by atoms with Crippen LogP contribution in [-0.2, 0) is 23.4 Å². The number of anilines is 1. The van der Waals surface area contributed by atoms with Crippen LogP contribution in [0, 0.1) is 0 Å². The number of aromatic nitrogens is 4. The first-order valence-corrected chi connectivity index (χ1v) is 14.6. The number of nitrogens with zero attached hydrogens (tertiary/aromatic N) is 4. The second kappa shape index (κ2) is 12.3. The van der Waals surface area contributed by atoms with Gasteiger partial charge < -0.3 is 35.3 Å². The van der Waals surface area contributed by atoms with Crippen LogP contribution in [0.2, 0.25) is 0 Å². The van der Waals surface area contributed by atoms with Crippen LogP contribution in [-0.4, -0.2) is 73.7 Å². The fourth-order valence-electron chi connectivity index (χ4n) is 4.25. The molecule has 2 aromatic heterocycles. The molecule has 0 saturated carbocycles. The summed E-state index contributed by atoms with van der Waals surface area (Å²) in [5, 5.41) is 13.7. The maximum atomic E-state index is 13.8. The number of hydrogen-bond donors (Lipinski definition) is 4. The summed E-state index contributed by atoms with van der Waals surface area (Å²) >= 11 is 0. The molecule has 3 aromatic rings. The number of nitrogen functional groups attached to an aromatic ring is 1. The zero-order valence-corrected chi connectivity index (χ0v) is 24.4. The van der Waals surface area contributed by atoms with E-state index in [9.17, 15) is 14.5 Å². The number of para-hydroxylation sites is 1. The van der Waals surface area contributed by atoms with Gasteiger partial charge in [0.25, 0.3) is 0 Å². The molecule has 16 heteroatoms. The largest absolute Gasteiger partial charge is 0.476 e. The zero-order valence-electron chi connectivity index (χ0n) is 23.5. The van der Waals surface area contributed by atoms with Crippen molar-refractivity contribution >= 4 is 30.8 Å². The van der Waals surface area contributed by atoms with E-state index in [2.05, 4.69) is 20.0 Å². The van der Waals surface area contributed by atoms with Gasteiger partial charge in [0.1, 0.15) is 24.0 Å². The number of benzene rings is 1. The Morgan fingerprint density at radius 1 is 1.27 bits per heavy atom. The Labute approximate surface area is 237 Å². The van der Waals surface area contributed by atoms with Crippen LogP contribution < -0.4 is 25.8 Å². The molecule has 1 unspecified atom stereocenters. The average Bonchev–Trinajstić information content (AvgIpc) is 3.41. The van der Waals surface area contributed by atoms with Gasteiger partial charge in [0.2, 0.25) is 11.8 Å². The molecule has 224 valence electrons. The topological polar surface area (TPSA) is 208 Å². The highest BCUT2D eigenvalue weighted by molar-refractivity contribution is 7.52. The Morgan fingerprint density at radius 2 is 1.98 bits per heavy atom. The number of rotatable bonds is 12. The molecule has 1 aliphatic rings. The molecule has 0 bridgehead atoms. The van der Waals surface area contributed by atoms with Gasteiger partial charge in [-0.2, -0.15) is 15.1 Å². The number of carbonyl (C=O) groups excluding carboxylic acids is 1. The molecule has 15 nitrogen and oxygen atoms in total. The van der Waals surface area contributed by atoms with Gasteiger partial charge in [-0.25, -0.2) is 9.55 Å². The van der Waals surface area contributed by atoms with E-state index in [0.717, 1.165) is 0 Å². The van der Waals surface area contributed by atoms with Gasteiger partial charge >= 0.3 is 13.7 Å². The number of hydrogen-bond acceptors (Lipinski definition) is 13. The second-order valence-corrected chi connectivity index (χ2v) is 11.7. The molecule has 4 rings (SSSR count). The highest BCUT2D eigenvalue weighted by Gasteiger charge is 2.53. The predicted molar refractivity (Wildman–Crippen MR) is 148 cm³/mol. The van der Waals surface area contributed by atoms with Crippen LogP contribution in [0.3, 0.4) is 0 Å². The van der Waals surface area contributed by atoms with Crippen molar-refractivity contribution in [3.8, 4) is 11.6 Å². The third kappa shape index (κ3) is 6.77. The summed E-state index contributed by atoms with van der Waals surface area (Å²) < 4.78 is 43.6. The minimum atomic E-state index is -4.21. The van der Waals surface area contributed by atoms with Crippen LogP contribution in [0.4, 0.5) is 5.95 Å². The van der Waals surface area contributed by atoms with Gasteiger partial charge in [0.15, 0.2) is 17.4 Å². The Hall–Kier alpha value is -3.33. The molecule has 1 aromatic carbocycles. The van der Waals surface area contributed by atoms with Crippen molar-refractivity contribution < 1.29 is 37.7 Å². The molecule has 1 saturated heterocycles. The van der Waals surface area contributed by atoms with E-state index in [1.807, 2.05) is 0 Å². The molecule has 3 heterocycles. The average molecular weight is 594 g/mol. The molecular formula is C25H36N7O8P. The molecule has 6 N–H and O–H groups in total. The summed E-state index contributed by atoms with van der Waals surface area (Å²) in [6.07, 6.45) is -2.29. The molecule has 1 fully saturated rings. The molecular weight excluding hydrogens is 557 g/mol. The lowest BCUT2D eigenvalue weighted by Gasteiger charge is -2.28. The molecule has 1 aliphatic heterocycles. The van der Waals surface area contributed by atoms with Crippen LogP contribution in [0.1, 0.15) is 40.8 Å². The van der Waals surface area contributed by atoms with Gasteiger partial charge in [-0.3, -0.25) is 13.9 Å². The summed E-state index contributed by atoms with van der Waals surface area (Å²) in [6.45, 7) is 8.16. The third-order valence-corrected chi connectivity index (χ3v) is 7.84. The summed E-state index contributed by atoms with van der Waals surface area (Å²) in [5.41, 5.74) is 11.7. The van der Waals surface area contributed by atoms with E-state index in [0.29, 0.717) is 12.1 Å². The molecule has 6 atom stereocenters. The first kappa shape index (κ1) is 30.6. The number of aliphatic hydroxyl groups is 1. The van der Waals surface area contributed by atoms with Crippen LogP contribution in [0.15, 0.2) is 36.7 Å². The molecule has 0 radical (unpaired) electrons. The maximum Gasteiger partial charge on any atom is 0.459 e. The van der Waals surface area contributed by atoms with Crippen molar-refractivity contribution in [2.24, 2.45) is 5.73 Å². The number of carbonyl (C=O) groups is 1. The second-order valence-electron chi connectivity index (χ2n) is 10.0. The van der Waals surface area contributed by atoms with E-state index in [1.165, 1.54) is 17.8 Å². The Balaban J connectivity index is 1.56. The van der Waals surface area contributed by atoms with Gasteiger partial charge in [0.05, 0.1) is 31.2 Å². The Kier molecular flexibility index (Phi) is 9.16. The SMILES string of the molecule is CCOc1nc(N)nc2c1ncn2[C@@H]1O[C@H](COP(=O)(N[C@H](C)C(=O)OC(C)C)Oc2ccccc2)[C@@H](O)[C@@]1(C)N. The highest BCUT2D eigenvalue weighted by atomic mass is 31.2. The Bertz CT molecular complexity index is 1400. The molecule has 0 spiro atoms. The smallest absolute Gasteiger partial charge is 0.459 e. The minimum Gasteiger partial charge on any atom is -0.476 e. The molecule has 0 aliphatic carbocycles. The van der Waals surface area contributed by atoms with Gasteiger partial charge in [-0.1, -0.05) is 18.2 Å². The lowest BCUT2D eigenvalue weighted by molar-refractivity contribution is -0.149. The number of imidazole rings is 1. The van der Waals surface area contributed by atoms with Crippen molar-refractivity contribution in [1.82, 2.24) is 24.6 Å². The van der Waals surface area contributed by atoms with E-state index >= 15 is 0 Å². The maximum absolute atomic E-state index is 13.8. The lowest BCUT2D eigenvalue weighted by atomic mass is 9.93. The monoisotopic (exact) mass is 593 g/mol. The summed E-state index contributed by atoms with van der Waals surface area (Å²) in [7, 11) is -4.21. The van der Waals surface area contributed by atoms with Gasteiger partial charge in [-0.15, -0.1) is 0 Å². The van der Waals surface area contributed by atoms with E-state index in [-0.39, 0.29) is 29.3 Å². The van der Waals surface area contributed by atoms with Gasteiger partial charge in [-0.05, 0) is 46.8 Å². The number of esters is 1. The van der Waals surface area contributed by atoms with Crippen molar-refractivity contribution in [1.29, 1.82) is 0 Å². The standard InChI is InChI=1S/C25H36N7O8P/c1-6-36-21-18-20(29-24(26)30-21)32(13-28-18)23-25(5,27)19(33)17(39-23)12-37-41(35,40-16-10-8-7-9-11-16)31-15(4)22(34)38-14(2)3/h7-11,13-15,17,19,23,33H,6,12,27H2,1-5H3,(H,31,35)(H2,26,29,30)/t15-,17-,19-,23-,25-,41?/m1/s1. The van der Waals surface area contributed by atoms with Crippen LogP contribution in [0.25, 0.3) is 11.2 Å². The number of aliphatic hydroxyl groups excluding tert-OH is 1. The zero-order chi connectivity index (χ0) is 29.9. The van der Waals surface area contributed by atoms with E-state index in [4.69, 9.17) is 34.7 Å². The first-order chi connectivity index (χ1) is 19.3. The van der Waals surface area contributed by atoms with E-state index < -0.39 is 50.3 Å². The molecule has 41 heavy (non-hydrogen) atoms. The predicted octanol–water partition coefficient (Wildman–Crippen LogP) is 1.92. The van der Waals surface area contributed by atoms with Crippen LogP contribution >= 0.6 is 7.75 Å². The summed E-state index contributed by atoms with van der Waals surface area (Å²) in [5.74, 6) is -0.266. The summed E-state index contributed by atoms with van der Waals surface area (Å²) in [4.78, 5) is 25.1. The van der Waals surface area contributed by atoms with E-state index in [1.54, 1.807) is 58.0 Å². The first-order valence-electron chi connectivity index (χ1n) is 13.1. The number of nitrogens with one attached hydrogen (secondary N) is 1. The van der Waals surface area contributed by atoms with Gasteiger partial charge in [0, 0.05) is 0 Å². The Morgan fingerprint density at radius 3 is 2.63 bits per heavy atom. The number of nitrogens with two attached hydrogens (primary N) is 2. The minimum absolute atomic E-state index is 0.0463. The third-order valence-electron chi connectivity index (χ3n) is 6.20. The highest BCUT2D eigenvalue weighted by Crippen LogP contribution is 2.47. The fraction of sp³-hybridized carbons (Fsp3) is 0.520. The fourth-order valence-corrected chi connectivity index (χ4v) is 5.75. The number of ether oxygens (including phenoxy) is 3. The normalized spacial score (nSPS) is 24.7. The van der Waals surface area contributed by atoms with Crippen molar-refractivity contribution in [3.05, 3.63) is 36.7 Å². The van der Waals surface area contributed by atoms with Crippen molar-refractivity contribution in [3.63, 3.8) is 0 Å². The lowest BCUT2D eigenvalue weighted by Crippen LogP contribution is -2.52. The molecule has 0 amide bonds. The number of fused-ring (bicyclic) bond motifs is 1. The van der Waals surface area contributed by atoms with Crippen molar-refractivity contribution in [2.45, 2.75) is 70.7 Å². The summed E-state index contributed by atoms with van der Waals surface area (Å²) in [6, 6.07) is 7.25. The quantitative estimate of drug-likeness (QED) is 0.175. The van der Waals surface area contributed by atoms with Crippen LogP contribution in [0.5, 0.6) is 11.6 Å².